The van der Waals surface area contributed by atoms with Gasteiger partial charge in [0.05, 0.1) is 0 Å². The van der Waals surface area contributed by atoms with Crippen molar-refractivity contribution >= 4 is 11.5 Å². The van der Waals surface area contributed by atoms with E-state index in [4.69, 9.17) is 5.73 Å². The lowest BCUT2D eigenvalue weighted by atomic mass is 9.52. The first-order chi connectivity index (χ1) is 9.14. The molecule has 1 aromatic rings. The summed E-state index contributed by atoms with van der Waals surface area (Å²) in [6.45, 7) is 0. The summed E-state index contributed by atoms with van der Waals surface area (Å²) in [7, 11) is 2.27. The molecule has 4 aliphatic carbocycles. The van der Waals surface area contributed by atoms with Crippen LogP contribution in [-0.4, -0.2) is 17.6 Å². The van der Waals surface area contributed by atoms with Crippen molar-refractivity contribution in [3.05, 3.63) is 18.3 Å². The highest BCUT2D eigenvalue weighted by Gasteiger charge is 2.52. The van der Waals surface area contributed by atoms with Crippen molar-refractivity contribution in [1.29, 1.82) is 0 Å². The number of anilines is 2. The van der Waals surface area contributed by atoms with Crippen LogP contribution < -0.4 is 10.6 Å². The van der Waals surface area contributed by atoms with Gasteiger partial charge in [-0.1, -0.05) is 0 Å². The molecule has 4 bridgehead atoms. The summed E-state index contributed by atoms with van der Waals surface area (Å²) in [6.07, 6.45) is 10.5. The van der Waals surface area contributed by atoms with Gasteiger partial charge in [0, 0.05) is 30.5 Å². The van der Waals surface area contributed by atoms with E-state index in [-0.39, 0.29) is 0 Å². The van der Waals surface area contributed by atoms with E-state index < -0.39 is 0 Å². The smallest absolute Gasteiger partial charge is 0.125 e. The summed E-state index contributed by atoms with van der Waals surface area (Å²) in [5.41, 5.74) is 7.50. The number of pyridine rings is 1. The summed E-state index contributed by atoms with van der Waals surface area (Å²) in [5.74, 6) is 3.57. The highest BCUT2D eigenvalue weighted by atomic mass is 15.2. The number of aromatic nitrogens is 1. The summed E-state index contributed by atoms with van der Waals surface area (Å²) in [6, 6.07) is 4.13. The van der Waals surface area contributed by atoms with Gasteiger partial charge in [-0.05, 0) is 62.3 Å². The van der Waals surface area contributed by atoms with Crippen LogP contribution in [0.2, 0.25) is 0 Å². The molecule has 5 rings (SSSR count). The van der Waals surface area contributed by atoms with Crippen molar-refractivity contribution in [2.45, 2.75) is 44.1 Å². The maximum atomic E-state index is 5.85. The average molecular weight is 257 g/mol. The molecule has 0 radical (unpaired) electrons. The van der Waals surface area contributed by atoms with Crippen LogP contribution in [0.1, 0.15) is 38.5 Å². The lowest BCUT2D eigenvalue weighted by Gasteiger charge is -2.60. The Labute approximate surface area is 115 Å². The van der Waals surface area contributed by atoms with Crippen LogP contribution in [-0.2, 0) is 0 Å². The van der Waals surface area contributed by atoms with Gasteiger partial charge >= 0.3 is 0 Å². The molecule has 0 aliphatic heterocycles. The standard InChI is InChI=1S/C16H23N3/c1-19(14-2-3-18-15(17)7-14)16-8-11-4-12(9-16)6-13(5-11)10-16/h2-3,7,11-13H,4-6,8-10H2,1H3,(H2,17,18). The van der Waals surface area contributed by atoms with Crippen LogP contribution in [0.5, 0.6) is 0 Å². The normalized spacial score (nSPS) is 39.5. The number of hydrogen-bond acceptors (Lipinski definition) is 3. The number of nitrogen functional groups attached to an aromatic ring is 1. The second kappa shape index (κ2) is 3.87. The molecule has 102 valence electrons. The highest BCUT2D eigenvalue weighted by molar-refractivity contribution is 5.54. The van der Waals surface area contributed by atoms with E-state index in [2.05, 4.69) is 23.0 Å². The molecule has 19 heavy (non-hydrogen) atoms. The third-order valence-corrected chi connectivity index (χ3v) is 5.87. The fourth-order valence-corrected chi connectivity index (χ4v) is 5.39. The Morgan fingerprint density at radius 3 is 2.26 bits per heavy atom. The van der Waals surface area contributed by atoms with Gasteiger partial charge in [-0.3, -0.25) is 0 Å². The molecule has 4 fully saturated rings. The van der Waals surface area contributed by atoms with Gasteiger partial charge in [-0.15, -0.1) is 0 Å². The maximum absolute atomic E-state index is 5.85. The Hall–Kier alpha value is -1.25. The fraction of sp³-hybridized carbons (Fsp3) is 0.688. The Kier molecular flexibility index (Phi) is 2.36. The molecule has 0 spiro atoms. The van der Waals surface area contributed by atoms with E-state index in [0.29, 0.717) is 11.4 Å². The van der Waals surface area contributed by atoms with Crippen molar-refractivity contribution in [2.75, 3.05) is 17.7 Å². The molecule has 0 amide bonds. The minimum atomic E-state index is 0.405. The van der Waals surface area contributed by atoms with Crippen molar-refractivity contribution in [2.24, 2.45) is 17.8 Å². The molecular weight excluding hydrogens is 234 g/mol. The monoisotopic (exact) mass is 257 g/mol. The van der Waals surface area contributed by atoms with Gasteiger partial charge in [-0.25, -0.2) is 4.98 Å². The molecule has 0 aromatic carbocycles. The number of nitrogens with two attached hydrogens (primary N) is 1. The van der Waals surface area contributed by atoms with Crippen molar-refractivity contribution in [3.63, 3.8) is 0 Å². The van der Waals surface area contributed by atoms with Gasteiger partial charge in [0.2, 0.25) is 0 Å². The first-order valence-electron chi connectivity index (χ1n) is 7.60. The number of rotatable bonds is 2. The van der Waals surface area contributed by atoms with Gasteiger partial charge in [0.25, 0.3) is 0 Å². The fourth-order valence-electron chi connectivity index (χ4n) is 5.39. The van der Waals surface area contributed by atoms with Crippen LogP contribution in [0, 0.1) is 17.8 Å². The van der Waals surface area contributed by atoms with Crippen molar-refractivity contribution in [3.8, 4) is 0 Å². The summed E-state index contributed by atoms with van der Waals surface area (Å²) >= 11 is 0. The lowest BCUT2D eigenvalue weighted by Crippen LogP contribution is -2.59. The molecule has 4 aliphatic rings. The predicted octanol–water partition coefficient (Wildman–Crippen LogP) is 3.07. The van der Waals surface area contributed by atoms with Gasteiger partial charge < -0.3 is 10.6 Å². The number of nitrogens with zero attached hydrogens (tertiary/aromatic N) is 2. The first kappa shape index (κ1) is 11.6. The van der Waals surface area contributed by atoms with Crippen molar-refractivity contribution in [1.82, 2.24) is 4.98 Å². The molecule has 1 heterocycles. The summed E-state index contributed by atoms with van der Waals surface area (Å²) in [4.78, 5) is 6.64. The van der Waals surface area contributed by atoms with E-state index in [1.54, 1.807) is 0 Å². The second-order valence-electron chi connectivity index (χ2n) is 7.14. The van der Waals surface area contributed by atoms with Crippen LogP contribution in [0.15, 0.2) is 18.3 Å². The summed E-state index contributed by atoms with van der Waals surface area (Å²) in [5, 5.41) is 0. The van der Waals surface area contributed by atoms with Crippen LogP contribution in [0.25, 0.3) is 0 Å². The third-order valence-electron chi connectivity index (χ3n) is 5.87. The third kappa shape index (κ3) is 1.74. The quantitative estimate of drug-likeness (QED) is 0.885. The van der Waals surface area contributed by atoms with Crippen molar-refractivity contribution < 1.29 is 0 Å². The molecule has 0 atom stereocenters. The average Bonchev–Trinajstić information content (AvgIpc) is 2.36. The Bertz CT molecular complexity index is 461. The highest BCUT2D eigenvalue weighted by Crippen LogP contribution is 2.58. The second-order valence-corrected chi connectivity index (χ2v) is 7.14. The van der Waals surface area contributed by atoms with Crippen LogP contribution >= 0.6 is 0 Å². The zero-order valence-corrected chi connectivity index (χ0v) is 11.7. The number of hydrogen-bond donors (Lipinski definition) is 1. The predicted molar refractivity (Wildman–Crippen MR) is 78.0 cm³/mol. The van der Waals surface area contributed by atoms with Gasteiger partial charge in [-0.2, -0.15) is 0 Å². The molecule has 3 nitrogen and oxygen atoms in total. The van der Waals surface area contributed by atoms with Gasteiger partial charge in [0.1, 0.15) is 5.82 Å². The topological polar surface area (TPSA) is 42.2 Å². The Morgan fingerprint density at radius 2 is 1.74 bits per heavy atom. The SMILES string of the molecule is CN(c1ccnc(N)c1)C12CC3CC(CC(C3)C1)C2. The molecule has 3 heteroatoms. The zero-order chi connectivity index (χ0) is 13.0. The summed E-state index contributed by atoms with van der Waals surface area (Å²) < 4.78 is 0. The van der Waals surface area contributed by atoms with Crippen LogP contribution in [0.4, 0.5) is 11.5 Å². The van der Waals surface area contributed by atoms with E-state index >= 15 is 0 Å². The maximum Gasteiger partial charge on any atom is 0.125 e. The van der Waals surface area contributed by atoms with Crippen LogP contribution in [0.3, 0.4) is 0 Å². The zero-order valence-electron chi connectivity index (χ0n) is 11.7. The lowest BCUT2D eigenvalue weighted by molar-refractivity contribution is -0.00200. The van der Waals surface area contributed by atoms with E-state index in [1.807, 2.05) is 12.3 Å². The molecule has 4 saturated carbocycles. The molecule has 0 unspecified atom stereocenters. The largest absolute Gasteiger partial charge is 0.384 e. The Morgan fingerprint density at radius 1 is 1.16 bits per heavy atom. The van der Waals surface area contributed by atoms with E-state index in [1.165, 1.54) is 44.2 Å². The van der Waals surface area contributed by atoms with E-state index in [0.717, 1.165) is 17.8 Å². The molecule has 1 aromatic heterocycles. The minimum Gasteiger partial charge on any atom is -0.384 e. The molecule has 0 saturated heterocycles. The van der Waals surface area contributed by atoms with Gasteiger partial charge in [0.15, 0.2) is 0 Å². The minimum absolute atomic E-state index is 0.405. The molecule has 2 N–H and O–H groups in total. The Balaban J connectivity index is 1.68. The molecular formula is C16H23N3. The first-order valence-corrected chi connectivity index (χ1v) is 7.60. The van der Waals surface area contributed by atoms with E-state index in [9.17, 15) is 0 Å².